The van der Waals surface area contributed by atoms with Gasteiger partial charge in [0.1, 0.15) is 11.6 Å². The highest BCUT2D eigenvalue weighted by Crippen LogP contribution is 2.27. The van der Waals surface area contributed by atoms with Gasteiger partial charge in [0.25, 0.3) is 5.91 Å². The van der Waals surface area contributed by atoms with Crippen LogP contribution in [0.3, 0.4) is 0 Å². The van der Waals surface area contributed by atoms with Crippen LogP contribution in [0.5, 0.6) is 5.75 Å². The molecule has 0 unspecified atom stereocenters. The smallest absolute Gasteiger partial charge is 0.258 e. The molecular weight excluding hydrogens is 387 g/mol. The first-order valence-corrected chi connectivity index (χ1v) is 9.50. The minimum atomic E-state index is -0.232. The van der Waals surface area contributed by atoms with Gasteiger partial charge in [-0.15, -0.1) is 0 Å². The highest BCUT2D eigenvalue weighted by atomic mass is 35.5. The van der Waals surface area contributed by atoms with E-state index in [9.17, 15) is 4.79 Å². The number of nitrogens with zero attached hydrogens (tertiary/aromatic N) is 3. The first-order valence-electron chi connectivity index (χ1n) is 8.74. The Morgan fingerprint density at radius 1 is 1.19 bits per heavy atom. The molecule has 2 heterocycles. The van der Waals surface area contributed by atoms with Gasteiger partial charge in [0, 0.05) is 50.0 Å². The Morgan fingerprint density at radius 2 is 1.96 bits per heavy atom. The van der Waals surface area contributed by atoms with Crippen LogP contribution in [0.25, 0.3) is 0 Å². The number of pyridine rings is 1. The van der Waals surface area contributed by atoms with E-state index in [0.717, 1.165) is 37.6 Å². The molecular formula is C19H22Cl2N4O2. The molecule has 1 N–H and O–H groups in total. The second-order valence-electron chi connectivity index (χ2n) is 6.45. The molecule has 0 aliphatic carbocycles. The number of piperazine rings is 1. The number of benzene rings is 1. The molecule has 6 nitrogen and oxygen atoms in total. The Kier molecular flexibility index (Phi) is 6.77. The molecule has 1 aromatic carbocycles. The van der Waals surface area contributed by atoms with Crippen molar-refractivity contribution in [2.45, 2.75) is 6.54 Å². The van der Waals surface area contributed by atoms with Gasteiger partial charge in [-0.2, -0.15) is 0 Å². The molecule has 2 aromatic rings. The van der Waals surface area contributed by atoms with Crippen molar-refractivity contribution >= 4 is 34.9 Å². The van der Waals surface area contributed by atoms with Crippen LogP contribution in [-0.4, -0.2) is 55.6 Å². The summed E-state index contributed by atoms with van der Waals surface area (Å²) in [7, 11) is 2.12. The molecule has 3 rings (SSSR count). The normalized spacial score (nSPS) is 14.9. The van der Waals surface area contributed by atoms with Crippen LogP contribution in [0.2, 0.25) is 10.0 Å². The van der Waals surface area contributed by atoms with E-state index in [1.807, 2.05) is 12.1 Å². The van der Waals surface area contributed by atoms with Gasteiger partial charge in [0.15, 0.2) is 6.61 Å². The second kappa shape index (κ2) is 9.26. The predicted molar refractivity (Wildman–Crippen MR) is 108 cm³/mol. The van der Waals surface area contributed by atoms with Gasteiger partial charge >= 0.3 is 0 Å². The molecule has 0 saturated carbocycles. The maximum atomic E-state index is 12.1. The van der Waals surface area contributed by atoms with Crippen LogP contribution < -0.4 is 15.0 Å². The first kappa shape index (κ1) is 19.7. The van der Waals surface area contributed by atoms with Gasteiger partial charge in [-0.25, -0.2) is 4.98 Å². The van der Waals surface area contributed by atoms with Crippen molar-refractivity contribution < 1.29 is 9.53 Å². The van der Waals surface area contributed by atoms with Crippen LogP contribution in [0.1, 0.15) is 5.56 Å². The maximum Gasteiger partial charge on any atom is 0.258 e. The van der Waals surface area contributed by atoms with Crippen LogP contribution in [0, 0.1) is 0 Å². The van der Waals surface area contributed by atoms with Crippen molar-refractivity contribution in [1.82, 2.24) is 15.2 Å². The summed E-state index contributed by atoms with van der Waals surface area (Å²) in [5.41, 5.74) is 0.994. The molecule has 8 heteroatoms. The molecule has 1 aliphatic rings. The SMILES string of the molecule is CN1CCN(c2cc(CNC(=O)COc3cc(Cl)ccc3Cl)ccn2)CC1. The fraction of sp³-hybridized carbons (Fsp3) is 0.368. The molecule has 1 aliphatic heterocycles. The second-order valence-corrected chi connectivity index (χ2v) is 7.30. The van der Waals surface area contributed by atoms with Crippen molar-refractivity contribution in [3.05, 3.63) is 52.1 Å². The molecule has 1 amide bonds. The molecule has 1 aromatic heterocycles. The Hall–Kier alpha value is -2.02. The maximum absolute atomic E-state index is 12.1. The zero-order valence-electron chi connectivity index (χ0n) is 15.1. The predicted octanol–water partition coefficient (Wildman–Crippen LogP) is 2.84. The zero-order valence-corrected chi connectivity index (χ0v) is 16.6. The quantitative estimate of drug-likeness (QED) is 0.795. The Morgan fingerprint density at radius 3 is 2.74 bits per heavy atom. The third-order valence-electron chi connectivity index (χ3n) is 4.38. The molecule has 1 saturated heterocycles. The van der Waals surface area contributed by atoms with E-state index in [1.165, 1.54) is 0 Å². The van der Waals surface area contributed by atoms with Crippen molar-refractivity contribution in [3.8, 4) is 5.75 Å². The summed E-state index contributed by atoms with van der Waals surface area (Å²) < 4.78 is 5.44. The Balaban J connectivity index is 1.50. The lowest BCUT2D eigenvalue weighted by Crippen LogP contribution is -2.44. The van der Waals surface area contributed by atoms with Crippen molar-refractivity contribution in [3.63, 3.8) is 0 Å². The summed E-state index contributed by atoms with van der Waals surface area (Å²) in [5, 5.41) is 3.76. The van der Waals surface area contributed by atoms with Crippen LogP contribution >= 0.6 is 23.2 Å². The van der Waals surface area contributed by atoms with Gasteiger partial charge in [0.2, 0.25) is 0 Å². The highest BCUT2D eigenvalue weighted by Gasteiger charge is 2.15. The van der Waals surface area contributed by atoms with Crippen LogP contribution in [0.4, 0.5) is 5.82 Å². The summed E-state index contributed by atoms with van der Waals surface area (Å²) in [6.07, 6.45) is 1.78. The Labute approximate surface area is 169 Å². The minimum Gasteiger partial charge on any atom is -0.482 e. The number of carbonyl (C=O) groups is 1. The van der Waals surface area contributed by atoms with Crippen LogP contribution in [0.15, 0.2) is 36.5 Å². The highest BCUT2D eigenvalue weighted by molar-refractivity contribution is 6.34. The minimum absolute atomic E-state index is 0.129. The fourth-order valence-electron chi connectivity index (χ4n) is 2.76. The average molecular weight is 409 g/mol. The van der Waals surface area contributed by atoms with E-state index >= 15 is 0 Å². The van der Waals surface area contributed by atoms with Crippen molar-refractivity contribution in [2.75, 3.05) is 44.7 Å². The third-order valence-corrected chi connectivity index (χ3v) is 4.93. The van der Waals surface area contributed by atoms with Crippen molar-refractivity contribution in [2.24, 2.45) is 0 Å². The summed E-state index contributed by atoms with van der Waals surface area (Å²) in [6.45, 7) is 4.23. The number of hydrogen-bond donors (Lipinski definition) is 1. The molecule has 1 fully saturated rings. The molecule has 144 valence electrons. The number of nitrogens with one attached hydrogen (secondary N) is 1. The largest absolute Gasteiger partial charge is 0.482 e. The molecule has 0 atom stereocenters. The van der Waals surface area contributed by atoms with Gasteiger partial charge in [-0.1, -0.05) is 23.2 Å². The summed E-state index contributed by atoms with van der Waals surface area (Å²) >= 11 is 11.9. The number of ether oxygens (including phenoxy) is 1. The molecule has 0 spiro atoms. The third kappa shape index (κ3) is 5.73. The van der Waals surface area contributed by atoms with Gasteiger partial charge in [-0.05, 0) is 36.9 Å². The number of likely N-dealkylation sites (N-methyl/N-ethyl adjacent to an activating group) is 1. The van der Waals surface area contributed by atoms with E-state index in [2.05, 4.69) is 27.1 Å². The zero-order chi connectivity index (χ0) is 19.2. The number of hydrogen-bond acceptors (Lipinski definition) is 5. The van der Waals surface area contributed by atoms with E-state index in [1.54, 1.807) is 24.4 Å². The summed E-state index contributed by atoms with van der Waals surface area (Å²) in [6, 6.07) is 8.80. The van der Waals surface area contributed by atoms with Gasteiger partial charge < -0.3 is 19.9 Å². The monoisotopic (exact) mass is 408 g/mol. The van der Waals surface area contributed by atoms with E-state index < -0.39 is 0 Å². The number of rotatable bonds is 6. The number of amides is 1. The average Bonchev–Trinajstić information content (AvgIpc) is 2.68. The molecule has 0 radical (unpaired) electrons. The van der Waals surface area contributed by atoms with E-state index in [0.29, 0.717) is 22.3 Å². The molecule has 0 bridgehead atoms. The number of halogens is 2. The summed E-state index contributed by atoms with van der Waals surface area (Å²) in [5.74, 6) is 1.10. The van der Waals surface area contributed by atoms with Gasteiger partial charge in [0.05, 0.1) is 5.02 Å². The lowest BCUT2D eigenvalue weighted by molar-refractivity contribution is -0.123. The lowest BCUT2D eigenvalue weighted by atomic mass is 10.2. The fourth-order valence-corrected chi connectivity index (χ4v) is 3.10. The van der Waals surface area contributed by atoms with Crippen molar-refractivity contribution in [1.29, 1.82) is 0 Å². The first-order chi connectivity index (χ1) is 13.0. The number of anilines is 1. The standard InChI is InChI=1S/C19H22Cl2N4O2/c1-24-6-8-25(9-7-24)18-10-14(4-5-22-18)12-23-19(26)13-27-17-11-15(20)2-3-16(17)21/h2-5,10-11H,6-9,12-13H2,1H3,(H,23,26). The van der Waals surface area contributed by atoms with Crippen LogP contribution in [-0.2, 0) is 11.3 Å². The lowest BCUT2D eigenvalue weighted by Gasteiger charge is -2.33. The number of carbonyl (C=O) groups excluding carboxylic acids is 1. The number of aromatic nitrogens is 1. The topological polar surface area (TPSA) is 57.7 Å². The van der Waals surface area contributed by atoms with E-state index in [-0.39, 0.29) is 12.5 Å². The Bertz CT molecular complexity index is 795. The van der Waals surface area contributed by atoms with E-state index in [4.69, 9.17) is 27.9 Å². The van der Waals surface area contributed by atoms with Gasteiger partial charge in [-0.3, -0.25) is 4.79 Å². The summed E-state index contributed by atoms with van der Waals surface area (Å²) in [4.78, 5) is 21.1. The molecule has 27 heavy (non-hydrogen) atoms.